The highest BCUT2D eigenvalue weighted by Gasteiger charge is 2.30. The second-order valence-corrected chi connectivity index (χ2v) is 8.20. The number of aromatic nitrogens is 1. The SMILES string of the molecule is CN=C(NCc1ccc(Cn2ccccc2=O)cc1)N1CCN(C(=O)C2CCCO2)CC1.I. The lowest BCUT2D eigenvalue weighted by Gasteiger charge is -2.37. The van der Waals surface area contributed by atoms with Crippen LogP contribution in [0.3, 0.4) is 0 Å². The number of amides is 1. The molecule has 1 N–H and O–H groups in total. The quantitative estimate of drug-likeness (QED) is 0.341. The van der Waals surface area contributed by atoms with Gasteiger partial charge in [0.25, 0.3) is 11.5 Å². The molecule has 2 aliphatic heterocycles. The Morgan fingerprint density at radius 3 is 2.39 bits per heavy atom. The lowest BCUT2D eigenvalue weighted by atomic mass is 10.1. The zero-order chi connectivity index (χ0) is 22.3. The lowest BCUT2D eigenvalue weighted by molar-refractivity contribution is -0.142. The number of guanidine groups is 1. The summed E-state index contributed by atoms with van der Waals surface area (Å²) >= 11 is 0. The highest BCUT2D eigenvalue weighted by atomic mass is 127. The molecule has 3 heterocycles. The van der Waals surface area contributed by atoms with E-state index in [1.807, 2.05) is 11.0 Å². The highest BCUT2D eigenvalue weighted by Crippen LogP contribution is 2.16. The number of rotatable bonds is 5. The molecule has 0 bridgehead atoms. The smallest absolute Gasteiger partial charge is 0.251 e. The Bertz CT molecular complexity index is 994. The lowest BCUT2D eigenvalue weighted by Crippen LogP contribution is -2.55. The first-order valence-electron chi connectivity index (χ1n) is 11.2. The van der Waals surface area contributed by atoms with Gasteiger partial charge in [-0.1, -0.05) is 30.3 Å². The molecule has 0 radical (unpaired) electrons. The minimum Gasteiger partial charge on any atom is -0.368 e. The first-order chi connectivity index (χ1) is 15.6. The fraction of sp³-hybridized carbons (Fsp3) is 0.458. The van der Waals surface area contributed by atoms with Gasteiger partial charge in [0.15, 0.2) is 5.96 Å². The predicted molar refractivity (Wildman–Crippen MR) is 139 cm³/mol. The molecule has 2 aliphatic rings. The molecule has 2 saturated heterocycles. The van der Waals surface area contributed by atoms with Crippen molar-refractivity contribution < 1.29 is 9.53 Å². The van der Waals surface area contributed by atoms with Gasteiger partial charge in [-0.05, 0) is 30.0 Å². The van der Waals surface area contributed by atoms with Crippen molar-refractivity contribution in [2.75, 3.05) is 39.8 Å². The van der Waals surface area contributed by atoms with Crippen molar-refractivity contribution in [1.29, 1.82) is 0 Å². The van der Waals surface area contributed by atoms with Gasteiger partial charge < -0.3 is 24.4 Å². The standard InChI is InChI=1S/C24H31N5O3.HI/c1-25-24(28-14-12-27(13-15-28)23(31)21-5-4-16-32-21)26-17-19-7-9-20(10-8-19)18-29-11-3-2-6-22(29)30;/h2-3,6-11,21H,4-5,12-18H2,1H3,(H,25,26);1H. The maximum atomic E-state index is 12.5. The molecule has 1 aromatic heterocycles. The third-order valence-corrected chi connectivity index (χ3v) is 6.03. The Balaban J connectivity index is 0.00000306. The van der Waals surface area contributed by atoms with E-state index in [2.05, 4.69) is 39.5 Å². The summed E-state index contributed by atoms with van der Waals surface area (Å²) in [6.45, 7) is 4.79. The molecular formula is C24H32IN5O3. The number of nitrogens with one attached hydrogen (secondary N) is 1. The van der Waals surface area contributed by atoms with E-state index in [-0.39, 0.29) is 41.5 Å². The van der Waals surface area contributed by atoms with E-state index < -0.39 is 0 Å². The Hall–Kier alpha value is -2.40. The Kier molecular flexibility index (Phi) is 9.30. The second kappa shape index (κ2) is 12.2. The van der Waals surface area contributed by atoms with E-state index in [4.69, 9.17) is 4.74 Å². The van der Waals surface area contributed by atoms with Crippen LogP contribution in [-0.4, -0.2) is 72.2 Å². The highest BCUT2D eigenvalue weighted by molar-refractivity contribution is 14.0. The number of halogens is 1. The van der Waals surface area contributed by atoms with E-state index in [0.29, 0.717) is 32.8 Å². The minimum atomic E-state index is -0.248. The van der Waals surface area contributed by atoms with Crippen molar-refractivity contribution in [3.05, 3.63) is 70.1 Å². The summed E-state index contributed by atoms with van der Waals surface area (Å²) in [5, 5.41) is 3.43. The number of carbonyl (C=O) groups is 1. The Labute approximate surface area is 211 Å². The van der Waals surface area contributed by atoms with Gasteiger partial charge in [0.2, 0.25) is 0 Å². The van der Waals surface area contributed by atoms with Crippen LogP contribution in [-0.2, 0) is 22.6 Å². The first kappa shape index (κ1) is 25.2. The summed E-state index contributed by atoms with van der Waals surface area (Å²) in [5.41, 5.74) is 2.22. The van der Waals surface area contributed by atoms with Gasteiger partial charge in [-0.25, -0.2) is 0 Å². The number of ether oxygens (including phenoxy) is 1. The molecule has 2 aromatic rings. The van der Waals surface area contributed by atoms with Gasteiger partial charge in [0, 0.05) is 58.6 Å². The van der Waals surface area contributed by atoms with Gasteiger partial charge in [-0.3, -0.25) is 14.6 Å². The van der Waals surface area contributed by atoms with Crippen LogP contribution in [0.4, 0.5) is 0 Å². The zero-order valence-corrected chi connectivity index (χ0v) is 21.3. The number of hydrogen-bond acceptors (Lipinski definition) is 4. The van der Waals surface area contributed by atoms with Crippen LogP contribution in [0, 0.1) is 0 Å². The summed E-state index contributed by atoms with van der Waals surface area (Å²) < 4.78 is 7.23. The number of benzene rings is 1. The Morgan fingerprint density at radius 1 is 1.06 bits per heavy atom. The van der Waals surface area contributed by atoms with Crippen LogP contribution in [0.1, 0.15) is 24.0 Å². The molecule has 9 heteroatoms. The molecule has 178 valence electrons. The summed E-state index contributed by atoms with van der Waals surface area (Å²) in [5.74, 6) is 0.970. The first-order valence-corrected chi connectivity index (χ1v) is 11.2. The van der Waals surface area contributed by atoms with E-state index in [1.165, 1.54) is 0 Å². The van der Waals surface area contributed by atoms with Crippen LogP contribution in [0.15, 0.2) is 58.4 Å². The molecule has 8 nitrogen and oxygen atoms in total. The molecule has 1 unspecified atom stereocenters. The van der Waals surface area contributed by atoms with Crippen LogP contribution in [0.2, 0.25) is 0 Å². The molecule has 33 heavy (non-hydrogen) atoms. The molecule has 0 saturated carbocycles. The van der Waals surface area contributed by atoms with Crippen molar-refractivity contribution in [2.24, 2.45) is 4.99 Å². The summed E-state index contributed by atoms with van der Waals surface area (Å²) in [4.78, 5) is 32.9. The molecule has 1 aromatic carbocycles. The number of aliphatic imine (C=N–C) groups is 1. The summed E-state index contributed by atoms with van der Waals surface area (Å²) in [7, 11) is 1.78. The number of piperazine rings is 1. The van der Waals surface area contributed by atoms with Gasteiger partial charge in [-0.2, -0.15) is 0 Å². The van der Waals surface area contributed by atoms with Gasteiger partial charge in [-0.15, -0.1) is 24.0 Å². The van der Waals surface area contributed by atoms with Crippen LogP contribution < -0.4 is 10.9 Å². The zero-order valence-electron chi connectivity index (χ0n) is 19.0. The van der Waals surface area contributed by atoms with Crippen molar-refractivity contribution >= 4 is 35.8 Å². The maximum absolute atomic E-state index is 12.5. The third kappa shape index (κ3) is 6.57. The minimum absolute atomic E-state index is 0. The molecule has 1 amide bonds. The average molecular weight is 565 g/mol. The molecule has 0 spiro atoms. The maximum Gasteiger partial charge on any atom is 0.251 e. The van der Waals surface area contributed by atoms with Crippen molar-refractivity contribution in [2.45, 2.75) is 32.0 Å². The van der Waals surface area contributed by atoms with E-state index in [0.717, 1.165) is 43.0 Å². The summed E-state index contributed by atoms with van der Waals surface area (Å²) in [6, 6.07) is 13.4. The summed E-state index contributed by atoms with van der Waals surface area (Å²) in [6.07, 6.45) is 3.36. The molecular weight excluding hydrogens is 533 g/mol. The Morgan fingerprint density at radius 2 is 1.76 bits per heavy atom. The van der Waals surface area contributed by atoms with Crippen molar-refractivity contribution in [3.8, 4) is 0 Å². The van der Waals surface area contributed by atoms with Crippen molar-refractivity contribution in [1.82, 2.24) is 19.7 Å². The number of nitrogens with zero attached hydrogens (tertiary/aromatic N) is 4. The largest absolute Gasteiger partial charge is 0.368 e. The normalized spacial score (nSPS) is 18.7. The third-order valence-electron chi connectivity index (χ3n) is 6.03. The van der Waals surface area contributed by atoms with E-state index >= 15 is 0 Å². The fourth-order valence-electron chi connectivity index (χ4n) is 4.18. The van der Waals surface area contributed by atoms with Gasteiger partial charge >= 0.3 is 0 Å². The second-order valence-electron chi connectivity index (χ2n) is 8.20. The van der Waals surface area contributed by atoms with Crippen LogP contribution in [0.25, 0.3) is 0 Å². The van der Waals surface area contributed by atoms with E-state index in [9.17, 15) is 9.59 Å². The number of carbonyl (C=O) groups excluding carboxylic acids is 1. The number of hydrogen-bond donors (Lipinski definition) is 1. The molecule has 1 atom stereocenters. The van der Waals surface area contributed by atoms with Crippen LogP contribution in [0.5, 0.6) is 0 Å². The van der Waals surface area contributed by atoms with Gasteiger partial charge in [0.1, 0.15) is 6.10 Å². The monoisotopic (exact) mass is 565 g/mol. The average Bonchev–Trinajstić information content (AvgIpc) is 3.37. The van der Waals surface area contributed by atoms with Gasteiger partial charge in [0.05, 0.1) is 6.54 Å². The molecule has 4 rings (SSSR count). The molecule has 0 aliphatic carbocycles. The molecule has 2 fully saturated rings. The predicted octanol–water partition coefficient (Wildman–Crippen LogP) is 1.91. The topological polar surface area (TPSA) is 79.2 Å². The van der Waals surface area contributed by atoms with E-state index in [1.54, 1.807) is 29.9 Å². The fourth-order valence-corrected chi connectivity index (χ4v) is 4.18. The van der Waals surface area contributed by atoms with Crippen molar-refractivity contribution in [3.63, 3.8) is 0 Å². The number of pyridine rings is 1. The van der Waals surface area contributed by atoms with Crippen LogP contribution >= 0.6 is 24.0 Å².